The van der Waals surface area contributed by atoms with Crippen molar-refractivity contribution < 1.29 is 4.74 Å². The lowest BCUT2D eigenvalue weighted by Crippen LogP contribution is -2.31. The zero-order valence-corrected chi connectivity index (χ0v) is 11.5. The molecule has 1 aliphatic heterocycles. The standard InChI is InChI=1S/C16H25NO/c1-18-16-9-6-7-14(13-16)10-11-15-8-4-2-3-5-12-17-15/h6-7,9,13,15,17H,2-5,8,10-12H2,1H3. The van der Waals surface area contributed by atoms with Crippen LogP contribution in [0.25, 0.3) is 0 Å². The lowest BCUT2D eigenvalue weighted by molar-refractivity contribution is 0.397. The number of aryl methyl sites for hydroxylation is 1. The number of nitrogens with one attached hydrogen (secondary N) is 1. The summed E-state index contributed by atoms with van der Waals surface area (Å²) < 4.78 is 5.27. The molecule has 1 aromatic carbocycles. The average Bonchev–Trinajstić information content (AvgIpc) is 2.38. The van der Waals surface area contributed by atoms with Crippen LogP contribution in [0.2, 0.25) is 0 Å². The predicted molar refractivity (Wildman–Crippen MR) is 76.2 cm³/mol. The summed E-state index contributed by atoms with van der Waals surface area (Å²) >= 11 is 0. The molecule has 2 rings (SSSR count). The second-order valence-electron chi connectivity index (χ2n) is 5.24. The normalized spacial score (nSPS) is 21.1. The Bertz CT molecular complexity index is 343. The maximum atomic E-state index is 5.27. The number of hydrogen-bond donors (Lipinski definition) is 1. The molecule has 1 aliphatic rings. The smallest absolute Gasteiger partial charge is 0.119 e. The van der Waals surface area contributed by atoms with Gasteiger partial charge in [0.05, 0.1) is 7.11 Å². The molecule has 0 saturated carbocycles. The molecule has 1 N–H and O–H groups in total. The van der Waals surface area contributed by atoms with Crippen molar-refractivity contribution in [2.24, 2.45) is 0 Å². The zero-order chi connectivity index (χ0) is 12.6. The molecule has 0 aromatic heterocycles. The van der Waals surface area contributed by atoms with E-state index in [1.807, 2.05) is 6.07 Å². The van der Waals surface area contributed by atoms with Gasteiger partial charge in [0.25, 0.3) is 0 Å². The Morgan fingerprint density at radius 1 is 1.22 bits per heavy atom. The van der Waals surface area contributed by atoms with Crippen molar-refractivity contribution in [3.63, 3.8) is 0 Å². The molecule has 0 radical (unpaired) electrons. The van der Waals surface area contributed by atoms with Gasteiger partial charge in [0, 0.05) is 6.04 Å². The quantitative estimate of drug-likeness (QED) is 0.878. The van der Waals surface area contributed by atoms with Gasteiger partial charge in [-0.15, -0.1) is 0 Å². The van der Waals surface area contributed by atoms with Crippen LogP contribution in [0.5, 0.6) is 5.75 Å². The van der Waals surface area contributed by atoms with Crippen LogP contribution >= 0.6 is 0 Å². The van der Waals surface area contributed by atoms with Crippen molar-refractivity contribution >= 4 is 0 Å². The van der Waals surface area contributed by atoms with E-state index >= 15 is 0 Å². The first-order valence-corrected chi connectivity index (χ1v) is 7.25. The van der Waals surface area contributed by atoms with Gasteiger partial charge in [-0.1, -0.05) is 31.4 Å². The van der Waals surface area contributed by atoms with Crippen LogP contribution in [0.15, 0.2) is 24.3 Å². The fourth-order valence-electron chi connectivity index (χ4n) is 2.69. The number of benzene rings is 1. The Labute approximate surface area is 111 Å². The third kappa shape index (κ3) is 4.34. The molecule has 1 heterocycles. The van der Waals surface area contributed by atoms with E-state index in [4.69, 9.17) is 4.74 Å². The molecular weight excluding hydrogens is 222 g/mol. The van der Waals surface area contributed by atoms with Crippen LogP contribution in [0.4, 0.5) is 0 Å². The van der Waals surface area contributed by atoms with Crippen LogP contribution in [0.1, 0.15) is 44.1 Å². The molecule has 1 atom stereocenters. The van der Waals surface area contributed by atoms with Crippen LogP contribution in [-0.4, -0.2) is 19.7 Å². The fraction of sp³-hybridized carbons (Fsp3) is 0.625. The minimum Gasteiger partial charge on any atom is -0.497 e. The SMILES string of the molecule is COc1cccc(CCC2CCCCCCN2)c1. The summed E-state index contributed by atoms with van der Waals surface area (Å²) in [7, 11) is 1.73. The summed E-state index contributed by atoms with van der Waals surface area (Å²) in [6, 6.07) is 9.16. The van der Waals surface area contributed by atoms with Gasteiger partial charge in [-0.2, -0.15) is 0 Å². The molecule has 0 amide bonds. The number of rotatable bonds is 4. The number of ether oxygens (including phenoxy) is 1. The van der Waals surface area contributed by atoms with Crippen LogP contribution in [0.3, 0.4) is 0 Å². The summed E-state index contributed by atoms with van der Waals surface area (Å²) in [5.41, 5.74) is 1.39. The lowest BCUT2D eigenvalue weighted by atomic mass is 9.98. The molecule has 0 spiro atoms. The third-order valence-corrected chi connectivity index (χ3v) is 3.83. The van der Waals surface area contributed by atoms with Crippen LogP contribution < -0.4 is 10.1 Å². The minimum absolute atomic E-state index is 0.705. The molecule has 0 bridgehead atoms. The molecule has 1 unspecified atom stereocenters. The summed E-state index contributed by atoms with van der Waals surface area (Å²) in [5, 5.41) is 3.69. The second-order valence-corrected chi connectivity index (χ2v) is 5.24. The topological polar surface area (TPSA) is 21.3 Å². The predicted octanol–water partition coefficient (Wildman–Crippen LogP) is 3.55. The molecule has 1 fully saturated rings. The maximum absolute atomic E-state index is 5.27. The van der Waals surface area contributed by atoms with Crippen LogP contribution in [0, 0.1) is 0 Å². The minimum atomic E-state index is 0.705. The Kier molecular flexibility index (Phi) is 5.53. The Morgan fingerprint density at radius 2 is 2.11 bits per heavy atom. The molecular formula is C16H25NO. The van der Waals surface area contributed by atoms with Crippen molar-refractivity contribution in [2.75, 3.05) is 13.7 Å². The van der Waals surface area contributed by atoms with Crippen molar-refractivity contribution in [1.82, 2.24) is 5.32 Å². The van der Waals surface area contributed by atoms with Gasteiger partial charge >= 0.3 is 0 Å². The van der Waals surface area contributed by atoms with Crippen molar-refractivity contribution in [3.05, 3.63) is 29.8 Å². The van der Waals surface area contributed by atoms with Gasteiger partial charge in [-0.25, -0.2) is 0 Å². The van der Waals surface area contributed by atoms with Crippen molar-refractivity contribution in [3.8, 4) is 5.75 Å². The molecule has 100 valence electrons. The largest absolute Gasteiger partial charge is 0.497 e. The fourth-order valence-corrected chi connectivity index (χ4v) is 2.69. The second kappa shape index (κ2) is 7.42. The molecule has 1 saturated heterocycles. The highest BCUT2D eigenvalue weighted by Gasteiger charge is 2.10. The van der Waals surface area contributed by atoms with Gasteiger partial charge in [-0.05, 0) is 49.9 Å². The molecule has 0 aliphatic carbocycles. The van der Waals surface area contributed by atoms with E-state index in [2.05, 4.69) is 23.5 Å². The number of methoxy groups -OCH3 is 1. The highest BCUT2D eigenvalue weighted by atomic mass is 16.5. The Hall–Kier alpha value is -1.02. The first-order valence-electron chi connectivity index (χ1n) is 7.25. The van der Waals surface area contributed by atoms with E-state index in [9.17, 15) is 0 Å². The van der Waals surface area contributed by atoms with E-state index < -0.39 is 0 Å². The Morgan fingerprint density at radius 3 is 3.00 bits per heavy atom. The first kappa shape index (κ1) is 13.4. The van der Waals surface area contributed by atoms with Crippen LogP contribution in [-0.2, 0) is 6.42 Å². The summed E-state index contributed by atoms with van der Waals surface area (Å²) in [6.45, 7) is 1.20. The van der Waals surface area contributed by atoms with E-state index in [0.29, 0.717) is 6.04 Å². The summed E-state index contributed by atoms with van der Waals surface area (Å²) in [6.07, 6.45) is 9.27. The zero-order valence-electron chi connectivity index (χ0n) is 11.5. The van der Waals surface area contributed by atoms with Gasteiger partial charge < -0.3 is 10.1 Å². The maximum Gasteiger partial charge on any atom is 0.119 e. The molecule has 18 heavy (non-hydrogen) atoms. The number of hydrogen-bond acceptors (Lipinski definition) is 2. The van der Waals surface area contributed by atoms with Gasteiger partial charge in [-0.3, -0.25) is 0 Å². The van der Waals surface area contributed by atoms with Gasteiger partial charge in [0.2, 0.25) is 0 Å². The van der Waals surface area contributed by atoms with E-state index in [1.54, 1.807) is 7.11 Å². The molecule has 2 heteroatoms. The third-order valence-electron chi connectivity index (χ3n) is 3.83. The molecule has 2 nitrogen and oxygen atoms in total. The average molecular weight is 247 g/mol. The monoisotopic (exact) mass is 247 g/mol. The van der Waals surface area contributed by atoms with Gasteiger partial charge in [0.15, 0.2) is 0 Å². The highest BCUT2D eigenvalue weighted by molar-refractivity contribution is 5.28. The van der Waals surface area contributed by atoms with E-state index in [0.717, 1.165) is 12.2 Å². The summed E-state index contributed by atoms with van der Waals surface area (Å²) in [5.74, 6) is 0.970. The summed E-state index contributed by atoms with van der Waals surface area (Å²) in [4.78, 5) is 0. The highest BCUT2D eigenvalue weighted by Crippen LogP contribution is 2.17. The first-order chi connectivity index (χ1) is 8.88. The molecule has 1 aromatic rings. The lowest BCUT2D eigenvalue weighted by Gasteiger charge is -2.21. The van der Waals surface area contributed by atoms with E-state index in [1.165, 1.54) is 50.6 Å². The van der Waals surface area contributed by atoms with Crippen molar-refractivity contribution in [1.29, 1.82) is 0 Å². The van der Waals surface area contributed by atoms with E-state index in [-0.39, 0.29) is 0 Å². The van der Waals surface area contributed by atoms with Gasteiger partial charge in [0.1, 0.15) is 5.75 Å². The Balaban J connectivity index is 1.81. The van der Waals surface area contributed by atoms with Crippen molar-refractivity contribution in [2.45, 2.75) is 51.0 Å².